The highest BCUT2D eigenvalue weighted by Crippen LogP contribution is 2.44. The monoisotopic (exact) mass is 535 g/mol. The standard InChI is InChI=1S/C41H29N/c1-2-11-30(12-3-1)40-35-16-5-7-18-37(35)41(38-19-8-6-17-36(38)40)33-15-10-14-31(25-33)28-21-23-29(24-22-28)34-26-32-13-4-9-20-39(32)42-27-34/h1-25,27,32H,26H2. The van der Waals surface area contributed by atoms with Crippen LogP contribution in [0.3, 0.4) is 0 Å². The summed E-state index contributed by atoms with van der Waals surface area (Å²) < 4.78 is 0. The van der Waals surface area contributed by atoms with Gasteiger partial charge in [0.05, 0.1) is 0 Å². The predicted octanol–water partition coefficient (Wildman–Crippen LogP) is 10.9. The van der Waals surface area contributed by atoms with Crippen molar-refractivity contribution in [3.63, 3.8) is 0 Å². The van der Waals surface area contributed by atoms with Crippen LogP contribution in [0.1, 0.15) is 12.0 Å². The van der Waals surface area contributed by atoms with Crippen LogP contribution in [-0.2, 0) is 0 Å². The summed E-state index contributed by atoms with van der Waals surface area (Å²) in [5, 5.41) is 5.11. The molecule has 0 bridgehead atoms. The van der Waals surface area contributed by atoms with Crippen molar-refractivity contribution < 1.29 is 0 Å². The summed E-state index contributed by atoms with van der Waals surface area (Å²) in [7, 11) is 0. The van der Waals surface area contributed by atoms with Gasteiger partial charge in [-0.2, -0.15) is 0 Å². The van der Waals surface area contributed by atoms with Crippen molar-refractivity contribution in [2.45, 2.75) is 6.42 Å². The molecule has 1 aliphatic heterocycles. The normalized spacial score (nSPS) is 15.9. The van der Waals surface area contributed by atoms with Gasteiger partial charge < -0.3 is 0 Å². The molecule has 8 rings (SSSR count). The van der Waals surface area contributed by atoms with Gasteiger partial charge >= 0.3 is 0 Å². The molecule has 0 fully saturated rings. The summed E-state index contributed by atoms with van der Waals surface area (Å²) in [6, 6.07) is 46.5. The fraction of sp³-hybridized carbons (Fsp3) is 0.0488. The molecular weight excluding hydrogens is 506 g/mol. The quantitative estimate of drug-likeness (QED) is 0.199. The van der Waals surface area contributed by atoms with E-state index in [2.05, 4.69) is 152 Å². The van der Waals surface area contributed by atoms with Gasteiger partial charge in [-0.15, -0.1) is 0 Å². The molecule has 0 spiro atoms. The molecular formula is C41H29N. The maximum atomic E-state index is 4.73. The smallest absolute Gasteiger partial charge is 0.0475 e. The van der Waals surface area contributed by atoms with E-state index in [1.54, 1.807) is 0 Å². The summed E-state index contributed by atoms with van der Waals surface area (Å²) in [5.41, 5.74) is 11.2. The first-order valence-electron chi connectivity index (χ1n) is 14.7. The molecule has 0 aromatic heterocycles. The third-order valence-corrected chi connectivity index (χ3v) is 8.64. The van der Waals surface area contributed by atoms with Crippen LogP contribution in [0.5, 0.6) is 0 Å². The molecule has 6 aromatic carbocycles. The average molecular weight is 536 g/mol. The highest BCUT2D eigenvalue weighted by atomic mass is 14.7. The summed E-state index contributed by atoms with van der Waals surface area (Å²) in [5.74, 6) is 0.379. The number of nitrogens with zero attached hydrogens (tertiary/aromatic N) is 1. The Kier molecular flexibility index (Phi) is 6.00. The lowest BCUT2D eigenvalue weighted by molar-refractivity contribution is 0.877. The van der Waals surface area contributed by atoms with Crippen LogP contribution in [0.4, 0.5) is 0 Å². The highest BCUT2D eigenvalue weighted by Gasteiger charge is 2.20. The number of rotatable bonds is 4. The second kappa shape index (κ2) is 10.3. The van der Waals surface area contributed by atoms with Crippen molar-refractivity contribution in [2.75, 3.05) is 0 Å². The van der Waals surface area contributed by atoms with Gasteiger partial charge in [0.2, 0.25) is 0 Å². The average Bonchev–Trinajstić information content (AvgIpc) is 3.07. The Balaban J connectivity index is 1.23. The number of allylic oxidation sites excluding steroid dienone is 5. The van der Waals surface area contributed by atoms with Crippen molar-refractivity contribution in [3.05, 3.63) is 163 Å². The molecule has 0 saturated carbocycles. The van der Waals surface area contributed by atoms with Gasteiger partial charge in [0.1, 0.15) is 0 Å². The zero-order valence-electron chi connectivity index (χ0n) is 23.2. The van der Waals surface area contributed by atoms with Crippen molar-refractivity contribution >= 4 is 32.8 Å². The fourth-order valence-corrected chi connectivity index (χ4v) is 6.61. The Morgan fingerprint density at radius 3 is 1.74 bits per heavy atom. The van der Waals surface area contributed by atoms with Crippen LogP contribution < -0.4 is 0 Å². The zero-order chi connectivity index (χ0) is 27.9. The largest absolute Gasteiger partial charge is 0.260 e. The van der Waals surface area contributed by atoms with Crippen LogP contribution in [0.2, 0.25) is 0 Å². The molecule has 0 saturated heterocycles. The Hall–Kier alpha value is -5.27. The molecule has 1 nitrogen and oxygen atoms in total. The summed E-state index contributed by atoms with van der Waals surface area (Å²) >= 11 is 0. The van der Waals surface area contributed by atoms with E-state index in [1.165, 1.54) is 66.1 Å². The molecule has 1 heterocycles. The van der Waals surface area contributed by atoms with Gasteiger partial charge in [-0.3, -0.25) is 4.99 Å². The minimum atomic E-state index is 0.379. The van der Waals surface area contributed by atoms with E-state index in [4.69, 9.17) is 4.99 Å². The Morgan fingerprint density at radius 2 is 1.05 bits per heavy atom. The minimum absolute atomic E-state index is 0.379. The fourth-order valence-electron chi connectivity index (χ4n) is 6.61. The van der Waals surface area contributed by atoms with E-state index in [-0.39, 0.29) is 0 Å². The van der Waals surface area contributed by atoms with Gasteiger partial charge in [0.15, 0.2) is 0 Å². The zero-order valence-corrected chi connectivity index (χ0v) is 23.2. The molecule has 1 unspecified atom stereocenters. The molecule has 2 aliphatic rings. The third-order valence-electron chi connectivity index (χ3n) is 8.64. The van der Waals surface area contributed by atoms with E-state index in [0.717, 1.165) is 12.1 Å². The lowest BCUT2D eigenvalue weighted by Crippen LogP contribution is -2.15. The minimum Gasteiger partial charge on any atom is -0.260 e. The first kappa shape index (κ1) is 24.5. The summed E-state index contributed by atoms with van der Waals surface area (Å²) in [6.07, 6.45) is 11.6. The molecule has 42 heavy (non-hydrogen) atoms. The molecule has 6 aromatic rings. The lowest BCUT2D eigenvalue weighted by atomic mass is 9.85. The van der Waals surface area contributed by atoms with E-state index in [9.17, 15) is 0 Å². The Bertz CT molecular complexity index is 2030. The van der Waals surface area contributed by atoms with Gasteiger partial charge in [-0.1, -0.05) is 140 Å². The SMILES string of the molecule is C1=CC2=NC=C(c3ccc(-c4cccc(-c5c6ccccc6c(-c6ccccc6)c6ccccc56)c4)cc3)CC2C=C1. The van der Waals surface area contributed by atoms with Crippen molar-refractivity contribution in [1.29, 1.82) is 0 Å². The molecule has 1 aliphatic carbocycles. The molecule has 0 radical (unpaired) electrons. The van der Waals surface area contributed by atoms with E-state index in [0.29, 0.717) is 5.92 Å². The molecule has 1 heteroatoms. The summed E-state index contributed by atoms with van der Waals surface area (Å²) in [4.78, 5) is 4.73. The highest BCUT2D eigenvalue weighted by molar-refractivity contribution is 6.21. The number of aliphatic imine (C=N–C) groups is 1. The molecule has 1 atom stereocenters. The number of fused-ring (bicyclic) bond motifs is 3. The van der Waals surface area contributed by atoms with Crippen molar-refractivity contribution in [2.24, 2.45) is 10.9 Å². The van der Waals surface area contributed by atoms with Crippen LogP contribution in [0, 0.1) is 5.92 Å². The van der Waals surface area contributed by atoms with Gasteiger partial charge in [-0.25, -0.2) is 0 Å². The van der Waals surface area contributed by atoms with Crippen molar-refractivity contribution in [1.82, 2.24) is 0 Å². The second-order valence-corrected chi connectivity index (χ2v) is 11.1. The lowest BCUT2D eigenvalue weighted by Gasteiger charge is -2.21. The Labute approximate surface area is 246 Å². The van der Waals surface area contributed by atoms with Gasteiger partial charge in [-0.05, 0) is 84.6 Å². The summed E-state index contributed by atoms with van der Waals surface area (Å²) in [6.45, 7) is 0. The number of hydrogen-bond donors (Lipinski definition) is 0. The van der Waals surface area contributed by atoms with Gasteiger partial charge in [0.25, 0.3) is 0 Å². The van der Waals surface area contributed by atoms with E-state index >= 15 is 0 Å². The van der Waals surface area contributed by atoms with E-state index in [1.807, 2.05) is 6.20 Å². The second-order valence-electron chi connectivity index (χ2n) is 11.1. The van der Waals surface area contributed by atoms with Crippen LogP contribution >= 0.6 is 0 Å². The van der Waals surface area contributed by atoms with Crippen LogP contribution in [0.25, 0.3) is 60.5 Å². The van der Waals surface area contributed by atoms with Crippen LogP contribution in [0.15, 0.2) is 163 Å². The maximum Gasteiger partial charge on any atom is 0.0475 e. The Morgan fingerprint density at radius 1 is 0.476 bits per heavy atom. The van der Waals surface area contributed by atoms with E-state index < -0.39 is 0 Å². The number of hydrogen-bond acceptors (Lipinski definition) is 1. The first-order chi connectivity index (χ1) is 20.8. The first-order valence-corrected chi connectivity index (χ1v) is 14.7. The van der Waals surface area contributed by atoms with Crippen LogP contribution in [-0.4, -0.2) is 5.71 Å². The van der Waals surface area contributed by atoms with Crippen molar-refractivity contribution in [3.8, 4) is 33.4 Å². The molecule has 0 N–H and O–H groups in total. The topological polar surface area (TPSA) is 12.4 Å². The molecule has 198 valence electrons. The number of benzene rings is 6. The predicted molar refractivity (Wildman–Crippen MR) is 180 cm³/mol. The molecule has 0 amide bonds. The third kappa shape index (κ3) is 4.22. The van der Waals surface area contributed by atoms with Gasteiger partial charge in [0, 0.05) is 17.8 Å². The maximum absolute atomic E-state index is 4.73.